The zero-order chi connectivity index (χ0) is 18.7. The van der Waals surface area contributed by atoms with Crippen molar-refractivity contribution < 1.29 is 13.2 Å². The minimum atomic E-state index is -3.64. The number of para-hydroxylation sites is 1. The third kappa shape index (κ3) is 4.23. The van der Waals surface area contributed by atoms with Gasteiger partial charge in [0.05, 0.1) is 18.7 Å². The second-order valence-corrected chi connectivity index (χ2v) is 8.89. The first-order valence-corrected chi connectivity index (χ1v) is 10.5. The van der Waals surface area contributed by atoms with Gasteiger partial charge in [-0.1, -0.05) is 26.0 Å². The summed E-state index contributed by atoms with van der Waals surface area (Å²) in [6, 6.07) is 7.36. The molecule has 26 heavy (non-hydrogen) atoms. The van der Waals surface area contributed by atoms with Gasteiger partial charge >= 0.3 is 0 Å². The largest absolute Gasteiger partial charge is 0.379 e. The number of sulfonamides is 1. The molecule has 0 amide bonds. The van der Waals surface area contributed by atoms with Crippen LogP contribution in [0.4, 0.5) is 0 Å². The van der Waals surface area contributed by atoms with Crippen LogP contribution in [0.3, 0.4) is 0 Å². The molecule has 0 saturated carbocycles. The predicted octanol–water partition coefficient (Wildman–Crippen LogP) is 2.18. The molecule has 6 nitrogen and oxygen atoms in total. The summed E-state index contributed by atoms with van der Waals surface area (Å²) in [4.78, 5) is 6.90. The summed E-state index contributed by atoms with van der Waals surface area (Å²) in [6.45, 7) is 9.63. The van der Waals surface area contributed by atoms with E-state index in [2.05, 4.69) is 28.5 Å². The van der Waals surface area contributed by atoms with Crippen molar-refractivity contribution >= 4 is 20.9 Å². The summed E-state index contributed by atoms with van der Waals surface area (Å²) >= 11 is 0. The van der Waals surface area contributed by atoms with E-state index in [0.29, 0.717) is 31.2 Å². The Labute approximate surface area is 155 Å². The van der Waals surface area contributed by atoms with Gasteiger partial charge in [-0.15, -0.1) is 0 Å². The number of aromatic nitrogens is 1. The molecule has 142 valence electrons. The smallest absolute Gasteiger partial charge is 0.242 e. The SMILES string of the molecule is Cc1cnc2c(S(=O)(=O)NCC(C(C)C)N3CCOCC3)cccc2c1. The highest BCUT2D eigenvalue weighted by Gasteiger charge is 2.26. The molecule has 0 radical (unpaired) electrons. The number of pyridine rings is 1. The van der Waals surface area contributed by atoms with Crippen molar-refractivity contribution in [2.45, 2.75) is 31.7 Å². The lowest BCUT2D eigenvalue weighted by atomic mass is 10.0. The fraction of sp³-hybridized carbons (Fsp3) is 0.526. The lowest BCUT2D eigenvalue weighted by Crippen LogP contribution is -2.51. The number of nitrogens with zero attached hydrogens (tertiary/aromatic N) is 2. The maximum Gasteiger partial charge on any atom is 0.242 e. The number of fused-ring (bicyclic) bond motifs is 1. The van der Waals surface area contributed by atoms with Crippen molar-refractivity contribution in [2.24, 2.45) is 5.92 Å². The van der Waals surface area contributed by atoms with Gasteiger partial charge in [0.1, 0.15) is 4.90 Å². The van der Waals surface area contributed by atoms with Crippen LogP contribution in [0, 0.1) is 12.8 Å². The monoisotopic (exact) mass is 377 g/mol. The number of benzene rings is 1. The first kappa shape index (κ1) is 19.2. The Bertz CT molecular complexity index is 861. The number of hydrogen-bond acceptors (Lipinski definition) is 5. The highest BCUT2D eigenvalue weighted by molar-refractivity contribution is 7.89. The molecule has 2 heterocycles. The molecule has 2 aromatic rings. The van der Waals surface area contributed by atoms with Gasteiger partial charge in [0.25, 0.3) is 0 Å². The Morgan fingerprint density at radius 2 is 2.00 bits per heavy atom. The summed E-state index contributed by atoms with van der Waals surface area (Å²) in [5.41, 5.74) is 1.52. The van der Waals surface area contributed by atoms with Gasteiger partial charge < -0.3 is 4.74 Å². The molecule has 3 rings (SSSR count). The van der Waals surface area contributed by atoms with Gasteiger partial charge in [-0.3, -0.25) is 9.88 Å². The molecule has 1 N–H and O–H groups in total. The molecular formula is C19H27N3O3S. The van der Waals surface area contributed by atoms with Crippen molar-refractivity contribution in [3.63, 3.8) is 0 Å². The third-order valence-corrected chi connectivity index (χ3v) is 6.32. The van der Waals surface area contributed by atoms with Crippen LogP contribution in [-0.2, 0) is 14.8 Å². The summed E-state index contributed by atoms with van der Waals surface area (Å²) < 4.78 is 34.1. The van der Waals surface area contributed by atoms with Crippen LogP contribution in [0.5, 0.6) is 0 Å². The molecule has 0 bridgehead atoms. The molecule has 7 heteroatoms. The number of morpholine rings is 1. The van der Waals surface area contributed by atoms with Crippen LogP contribution in [0.1, 0.15) is 19.4 Å². The molecule has 1 aliphatic heterocycles. The lowest BCUT2D eigenvalue weighted by Gasteiger charge is -2.36. The van der Waals surface area contributed by atoms with E-state index in [-0.39, 0.29) is 10.9 Å². The first-order chi connectivity index (χ1) is 12.4. The van der Waals surface area contributed by atoms with E-state index in [1.165, 1.54) is 0 Å². The van der Waals surface area contributed by atoms with Gasteiger partial charge in [0.2, 0.25) is 10.0 Å². The van der Waals surface area contributed by atoms with Crippen molar-refractivity contribution in [1.29, 1.82) is 0 Å². The highest BCUT2D eigenvalue weighted by Crippen LogP contribution is 2.22. The second kappa shape index (κ2) is 8.00. The standard InChI is InChI=1S/C19H27N3O3S/c1-14(2)17(22-7-9-25-10-8-22)13-21-26(23,24)18-6-4-5-16-11-15(3)12-20-19(16)18/h4-6,11-12,14,17,21H,7-10,13H2,1-3H3. The van der Waals surface area contributed by atoms with Crippen LogP contribution >= 0.6 is 0 Å². The van der Waals surface area contributed by atoms with E-state index < -0.39 is 10.0 Å². The van der Waals surface area contributed by atoms with Gasteiger partial charge in [-0.05, 0) is 30.5 Å². The van der Waals surface area contributed by atoms with E-state index in [4.69, 9.17) is 4.74 Å². The molecule has 1 fully saturated rings. The molecule has 1 saturated heterocycles. The average Bonchev–Trinajstić information content (AvgIpc) is 2.61. The Morgan fingerprint density at radius 3 is 2.69 bits per heavy atom. The molecular weight excluding hydrogens is 350 g/mol. The van der Waals surface area contributed by atoms with E-state index in [9.17, 15) is 8.42 Å². The van der Waals surface area contributed by atoms with Crippen LogP contribution < -0.4 is 4.72 Å². The van der Waals surface area contributed by atoms with Crippen molar-refractivity contribution in [3.05, 3.63) is 36.0 Å². The number of aryl methyl sites for hydroxylation is 1. The zero-order valence-corrected chi connectivity index (χ0v) is 16.4. The molecule has 1 unspecified atom stereocenters. The lowest BCUT2D eigenvalue weighted by molar-refractivity contribution is 0.00776. The van der Waals surface area contributed by atoms with Crippen LogP contribution in [0.2, 0.25) is 0 Å². The van der Waals surface area contributed by atoms with Gasteiger partial charge in [0.15, 0.2) is 0 Å². The third-order valence-electron chi connectivity index (χ3n) is 4.87. The predicted molar refractivity (Wildman–Crippen MR) is 103 cm³/mol. The number of nitrogens with one attached hydrogen (secondary N) is 1. The average molecular weight is 378 g/mol. The minimum absolute atomic E-state index is 0.138. The number of ether oxygens (including phenoxy) is 1. The van der Waals surface area contributed by atoms with Crippen LogP contribution in [0.25, 0.3) is 10.9 Å². The molecule has 1 atom stereocenters. The minimum Gasteiger partial charge on any atom is -0.379 e. The summed E-state index contributed by atoms with van der Waals surface area (Å²) in [5, 5.41) is 0.835. The van der Waals surface area contributed by atoms with Crippen LogP contribution in [0.15, 0.2) is 35.4 Å². The summed E-state index contributed by atoms with van der Waals surface area (Å²) in [7, 11) is -3.64. The number of rotatable bonds is 6. The molecule has 0 spiro atoms. The summed E-state index contributed by atoms with van der Waals surface area (Å²) in [6.07, 6.45) is 1.70. The second-order valence-electron chi connectivity index (χ2n) is 7.15. The number of hydrogen-bond donors (Lipinski definition) is 1. The fourth-order valence-electron chi connectivity index (χ4n) is 3.43. The zero-order valence-electron chi connectivity index (χ0n) is 15.6. The normalized spacial score (nSPS) is 17.7. The maximum absolute atomic E-state index is 12.9. The molecule has 0 aliphatic carbocycles. The van der Waals surface area contributed by atoms with E-state index in [1.807, 2.05) is 19.1 Å². The Hall–Kier alpha value is -1.54. The van der Waals surface area contributed by atoms with Crippen molar-refractivity contribution in [3.8, 4) is 0 Å². The van der Waals surface area contributed by atoms with E-state index in [1.54, 1.807) is 18.3 Å². The maximum atomic E-state index is 12.9. The van der Waals surface area contributed by atoms with E-state index >= 15 is 0 Å². The van der Waals surface area contributed by atoms with E-state index in [0.717, 1.165) is 24.0 Å². The highest BCUT2D eigenvalue weighted by atomic mass is 32.2. The van der Waals surface area contributed by atoms with Gasteiger partial charge in [0, 0.05) is 37.3 Å². The van der Waals surface area contributed by atoms with Crippen LogP contribution in [-0.4, -0.2) is 57.2 Å². The summed E-state index contributed by atoms with van der Waals surface area (Å²) in [5.74, 6) is 0.337. The van der Waals surface area contributed by atoms with Crippen molar-refractivity contribution in [2.75, 3.05) is 32.8 Å². The topological polar surface area (TPSA) is 71.5 Å². The fourth-order valence-corrected chi connectivity index (χ4v) is 4.66. The Balaban J connectivity index is 1.82. The quantitative estimate of drug-likeness (QED) is 0.835. The Morgan fingerprint density at radius 1 is 1.27 bits per heavy atom. The van der Waals surface area contributed by atoms with Gasteiger partial charge in [-0.2, -0.15) is 0 Å². The van der Waals surface area contributed by atoms with Crippen molar-refractivity contribution in [1.82, 2.24) is 14.6 Å². The van der Waals surface area contributed by atoms with Gasteiger partial charge in [-0.25, -0.2) is 13.1 Å². The molecule has 1 aliphatic rings. The Kier molecular flexibility index (Phi) is 5.92. The first-order valence-electron chi connectivity index (χ1n) is 9.05. The molecule has 1 aromatic heterocycles. The molecule has 1 aromatic carbocycles.